The first-order chi connectivity index (χ1) is 18.7. The molecule has 0 N–H and O–H groups in total. The molecule has 0 bridgehead atoms. The average molecular weight is 551 g/mol. The van der Waals surface area contributed by atoms with E-state index in [4.69, 9.17) is 9.47 Å². The van der Waals surface area contributed by atoms with Crippen LogP contribution in [0.25, 0.3) is 0 Å². The zero-order valence-electron chi connectivity index (χ0n) is 22.9. The van der Waals surface area contributed by atoms with Crippen LogP contribution in [-0.4, -0.2) is 6.11 Å². The molecule has 2 fully saturated rings. The minimum Gasteiger partial charge on any atom is -0.450 e. The minimum atomic E-state index is -3.54. The maximum absolute atomic E-state index is 15.4. The van der Waals surface area contributed by atoms with Crippen molar-refractivity contribution in [3.05, 3.63) is 52.3 Å². The van der Waals surface area contributed by atoms with Gasteiger partial charge in [0, 0.05) is 17.5 Å². The van der Waals surface area contributed by atoms with E-state index >= 15 is 22.0 Å². The van der Waals surface area contributed by atoms with Crippen molar-refractivity contribution < 1.29 is 31.4 Å². The van der Waals surface area contributed by atoms with E-state index in [1.54, 1.807) is 6.07 Å². The Hall–Kier alpha value is -2.31. The van der Waals surface area contributed by atoms with Crippen molar-refractivity contribution in [2.75, 3.05) is 0 Å². The molecule has 0 saturated heterocycles. The Labute approximate surface area is 228 Å². The Balaban J connectivity index is 1.32. The van der Waals surface area contributed by atoms with E-state index < -0.39 is 35.2 Å². The molecule has 2 aromatic rings. The topological polar surface area (TPSA) is 18.5 Å². The Kier molecular flexibility index (Phi) is 8.44. The zero-order chi connectivity index (χ0) is 27.7. The van der Waals surface area contributed by atoms with Gasteiger partial charge >= 0.3 is 6.11 Å². The van der Waals surface area contributed by atoms with E-state index in [-0.39, 0.29) is 23.8 Å². The van der Waals surface area contributed by atoms with Gasteiger partial charge in [0.15, 0.2) is 23.1 Å². The van der Waals surface area contributed by atoms with Crippen molar-refractivity contribution in [1.82, 2.24) is 0 Å². The number of fused-ring (bicyclic) bond motifs is 2. The van der Waals surface area contributed by atoms with Crippen molar-refractivity contribution >= 4 is 0 Å². The quantitative estimate of drug-likeness (QED) is 0.260. The predicted octanol–water partition coefficient (Wildman–Crippen LogP) is 10.5. The fraction of sp³-hybridized carbons (Fsp3) is 0.625. The largest absolute Gasteiger partial charge is 0.450 e. The van der Waals surface area contributed by atoms with Crippen molar-refractivity contribution in [3.63, 3.8) is 0 Å². The summed E-state index contributed by atoms with van der Waals surface area (Å²) in [7, 11) is 0. The molecule has 1 aliphatic heterocycles. The van der Waals surface area contributed by atoms with Crippen molar-refractivity contribution in [1.29, 1.82) is 0 Å². The normalized spacial score (nSPS) is 25.0. The van der Waals surface area contributed by atoms with Crippen LogP contribution >= 0.6 is 0 Å². The van der Waals surface area contributed by atoms with Gasteiger partial charge < -0.3 is 9.47 Å². The number of ether oxygens (including phenoxy) is 2. The summed E-state index contributed by atoms with van der Waals surface area (Å²) in [5.41, 5.74) is 1.18. The lowest BCUT2D eigenvalue weighted by Crippen LogP contribution is -2.37. The number of halogens is 5. The van der Waals surface area contributed by atoms with E-state index in [2.05, 4.69) is 13.8 Å². The van der Waals surface area contributed by atoms with E-state index in [9.17, 15) is 0 Å². The molecule has 3 aliphatic rings. The summed E-state index contributed by atoms with van der Waals surface area (Å²) in [6.07, 6.45) is 6.56. The summed E-state index contributed by atoms with van der Waals surface area (Å²) in [4.78, 5) is 0. The van der Waals surface area contributed by atoms with E-state index in [1.165, 1.54) is 12.1 Å². The van der Waals surface area contributed by atoms with Gasteiger partial charge in [0.25, 0.3) is 0 Å². The van der Waals surface area contributed by atoms with Gasteiger partial charge in [0.2, 0.25) is 11.6 Å². The Bertz CT molecular complexity index is 1160. The second-order valence-electron chi connectivity index (χ2n) is 11.9. The lowest BCUT2D eigenvalue weighted by molar-refractivity contribution is -0.224. The molecular formula is C32H39F5O2. The summed E-state index contributed by atoms with van der Waals surface area (Å²) >= 11 is 0. The van der Waals surface area contributed by atoms with Crippen LogP contribution in [0.3, 0.4) is 0 Å². The summed E-state index contributed by atoms with van der Waals surface area (Å²) in [6, 6.07) is 4.31. The molecule has 0 aromatic heterocycles. The Morgan fingerprint density at radius 3 is 1.97 bits per heavy atom. The molecule has 0 unspecified atom stereocenters. The highest BCUT2D eigenvalue weighted by molar-refractivity contribution is 5.55. The second kappa shape index (κ2) is 11.7. The van der Waals surface area contributed by atoms with Gasteiger partial charge in [-0.25, -0.2) is 4.39 Å². The van der Waals surface area contributed by atoms with Crippen molar-refractivity contribution in [2.45, 2.75) is 109 Å². The first kappa shape index (κ1) is 28.2. The smallest absolute Gasteiger partial charge is 0.400 e. The molecule has 7 heteroatoms. The fourth-order valence-electron chi connectivity index (χ4n) is 7.03. The fourth-order valence-corrected chi connectivity index (χ4v) is 7.03. The lowest BCUT2D eigenvalue weighted by Gasteiger charge is -2.33. The van der Waals surface area contributed by atoms with Crippen molar-refractivity contribution in [2.24, 2.45) is 17.8 Å². The van der Waals surface area contributed by atoms with Crippen LogP contribution in [0.5, 0.6) is 17.2 Å². The monoisotopic (exact) mass is 550 g/mol. The summed E-state index contributed by atoms with van der Waals surface area (Å²) in [5, 5.41) is 0. The highest BCUT2D eigenvalue weighted by Crippen LogP contribution is 2.48. The predicted molar refractivity (Wildman–Crippen MR) is 141 cm³/mol. The number of benzene rings is 2. The Morgan fingerprint density at radius 2 is 1.36 bits per heavy atom. The molecule has 0 spiro atoms. The Morgan fingerprint density at radius 1 is 0.769 bits per heavy atom. The third-order valence-corrected chi connectivity index (χ3v) is 9.24. The number of rotatable bonds is 8. The first-order valence-corrected chi connectivity index (χ1v) is 14.8. The van der Waals surface area contributed by atoms with Crippen LogP contribution in [0.4, 0.5) is 22.0 Å². The zero-order valence-corrected chi connectivity index (χ0v) is 22.9. The van der Waals surface area contributed by atoms with Crippen LogP contribution in [0.15, 0.2) is 18.2 Å². The van der Waals surface area contributed by atoms with E-state index in [1.807, 2.05) is 0 Å². The maximum Gasteiger partial charge on any atom is 0.400 e. The number of hydrogen-bond donors (Lipinski definition) is 0. The highest BCUT2D eigenvalue weighted by Gasteiger charge is 2.45. The minimum absolute atomic E-state index is 0.0638. The third-order valence-electron chi connectivity index (χ3n) is 9.24. The molecule has 5 rings (SSSR count). The van der Waals surface area contributed by atoms with Gasteiger partial charge in [0.1, 0.15) is 0 Å². The van der Waals surface area contributed by atoms with Gasteiger partial charge in [-0.2, -0.15) is 17.6 Å². The molecule has 2 saturated carbocycles. The molecule has 0 amide bonds. The van der Waals surface area contributed by atoms with E-state index in [0.717, 1.165) is 51.4 Å². The number of alkyl halides is 2. The van der Waals surface area contributed by atoms with Gasteiger partial charge in [-0.1, -0.05) is 45.6 Å². The van der Waals surface area contributed by atoms with Crippen LogP contribution in [-0.2, 0) is 6.42 Å². The molecule has 39 heavy (non-hydrogen) atoms. The third kappa shape index (κ3) is 5.78. The molecular weight excluding hydrogens is 511 g/mol. The van der Waals surface area contributed by atoms with Crippen molar-refractivity contribution in [3.8, 4) is 17.2 Å². The van der Waals surface area contributed by atoms with Gasteiger partial charge in [-0.3, -0.25) is 0 Å². The molecule has 0 radical (unpaired) electrons. The average Bonchev–Trinajstić information content (AvgIpc) is 2.93. The first-order valence-electron chi connectivity index (χ1n) is 14.8. The van der Waals surface area contributed by atoms with Gasteiger partial charge in [-0.15, -0.1) is 0 Å². The standard InChI is InChI=1S/C32H39F5O2/c1-3-5-19-7-11-21(12-8-19)25-18-23-17-22-13-16-26(28(34)30(22)38-31(23)29(35)27(25)33)39-32(36,37)24-14-9-20(6-4-2)10-15-24/h13,16,18-21,24H,3-12,14-15,17H2,1-2H3. The van der Waals surface area contributed by atoms with Crippen LogP contribution in [0.2, 0.25) is 0 Å². The van der Waals surface area contributed by atoms with Crippen LogP contribution < -0.4 is 9.47 Å². The SMILES string of the molecule is CCCC1CCC(c2cc3c(c(F)c2F)Oc2c(ccc(OC(F)(F)C4CCC(CCC)CC4)c2F)C3)CC1. The highest BCUT2D eigenvalue weighted by atomic mass is 19.3. The van der Waals surface area contributed by atoms with Crippen LogP contribution in [0.1, 0.15) is 114 Å². The van der Waals surface area contributed by atoms with Crippen LogP contribution in [0, 0.1) is 35.2 Å². The summed E-state index contributed by atoms with van der Waals surface area (Å²) < 4.78 is 86.4. The maximum atomic E-state index is 15.4. The summed E-state index contributed by atoms with van der Waals surface area (Å²) in [6.45, 7) is 4.24. The molecule has 2 aliphatic carbocycles. The van der Waals surface area contributed by atoms with E-state index in [0.29, 0.717) is 54.2 Å². The lowest BCUT2D eigenvalue weighted by atomic mass is 9.76. The number of hydrogen-bond acceptors (Lipinski definition) is 2. The van der Waals surface area contributed by atoms with Gasteiger partial charge in [-0.05, 0) is 86.8 Å². The molecule has 214 valence electrons. The second-order valence-corrected chi connectivity index (χ2v) is 11.9. The molecule has 1 heterocycles. The van der Waals surface area contributed by atoms with Gasteiger partial charge in [0.05, 0.1) is 5.92 Å². The summed E-state index contributed by atoms with van der Waals surface area (Å²) in [5.74, 6) is -4.60. The molecule has 0 atom stereocenters. The molecule has 2 aromatic carbocycles. The molecule has 2 nitrogen and oxygen atoms in total.